The van der Waals surface area contributed by atoms with Gasteiger partial charge >= 0.3 is 0 Å². The number of fused-ring (bicyclic) bond motifs is 1. The van der Waals surface area contributed by atoms with Crippen LogP contribution in [-0.2, 0) is 9.84 Å². The van der Waals surface area contributed by atoms with Gasteiger partial charge in [0.25, 0.3) is 0 Å². The Balaban J connectivity index is 2.69. The number of nitrogens with zero attached hydrogens (tertiary/aromatic N) is 1. The quantitative estimate of drug-likeness (QED) is 0.766. The van der Waals surface area contributed by atoms with E-state index >= 15 is 0 Å². The van der Waals surface area contributed by atoms with Crippen LogP contribution in [0.1, 0.15) is 13.8 Å². The highest BCUT2D eigenvalue weighted by molar-refractivity contribution is 7.93. The van der Waals surface area contributed by atoms with E-state index in [0.717, 1.165) is 0 Å². The molecule has 94 valence electrons. The van der Waals surface area contributed by atoms with Gasteiger partial charge in [0.2, 0.25) is 0 Å². The smallest absolute Gasteiger partial charge is 0.187 e. The number of rotatable bonds is 1. The second-order valence-corrected chi connectivity index (χ2v) is 7.50. The summed E-state index contributed by atoms with van der Waals surface area (Å²) in [6, 6.07) is 5.08. The minimum Gasteiger partial charge on any atom is -0.497 e. The molecule has 0 saturated carbocycles. The Morgan fingerprint density at radius 2 is 2.00 bits per heavy atom. The van der Waals surface area contributed by atoms with Gasteiger partial charge in [-0.15, -0.1) is 0 Å². The molecule has 0 aromatic heterocycles. The average Bonchev–Trinajstić information content (AvgIpc) is 2.25. The number of benzene rings is 1. The van der Waals surface area contributed by atoms with Crippen molar-refractivity contribution in [2.75, 3.05) is 25.6 Å². The van der Waals surface area contributed by atoms with E-state index in [1.807, 2.05) is 11.9 Å². The van der Waals surface area contributed by atoms with Crippen LogP contribution in [0, 0.1) is 0 Å². The van der Waals surface area contributed by atoms with Gasteiger partial charge in [0.1, 0.15) is 5.75 Å². The minimum atomic E-state index is -3.28. The molecule has 1 heterocycles. The Morgan fingerprint density at radius 3 is 2.59 bits per heavy atom. The van der Waals surface area contributed by atoms with E-state index in [0.29, 0.717) is 22.9 Å². The van der Waals surface area contributed by atoms with Gasteiger partial charge < -0.3 is 9.64 Å². The molecule has 0 fully saturated rings. The average molecular weight is 255 g/mol. The molecule has 2 rings (SSSR count). The molecule has 17 heavy (non-hydrogen) atoms. The molecule has 1 aromatic rings. The zero-order valence-electron chi connectivity index (χ0n) is 10.5. The van der Waals surface area contributed by atoms with Crippen molar-refractivity contribution in [3.05, 3.63) is 18.2 Å². The molecule has 0 bridgehead atoms. The van der Waals surface area contributed by atoms with E-state index in [9.17, 15) is 8.42 Å². The molecule has 1 aromatic carbocycles. The lowest BCUT2D eigenvalue weighted by atomic mass is 10.1. The van der Waals surface area contributed by atoms with Crippen molar-refractivity contribution in [3.8, 4) is 5.75 Å². The monoisotopic (exact) mass is 255 g/mol. The first-order valence-electron chi connectivity index (χ1n) is 5.43. The van der Waals surface area contributed by atoms with Crippen LogP contribution in [0.3, 0.4) is 0 Å². The Bertz CT molecular complexity index is 549. The number of hydrogen-bond acceptors (Lipinski definition) is 4. The third-order valence-electron chi connectivity index (χ3n) is 3.21. The van der Waals surface area contributed by atoms with Crippen LogP contribution in [0.25, 0.3) is 0 Å². The molecule has 4 nitrogen and oxygen atoms in total. The zero-order valence-corrected chi connectivity index (χ0v) is 11.3. The summed E-state index contributed by atoms with van der Waals surface area (Å²) >= 11 is 0. The van der Waals surface area contributed by atoms with Gasteiger partial charge in [-0.1, -0.05) is 0 Å². The molecule has 0 radical (unpaired) electrons. The van der Waals surface area contributed by atoms with Crippen LogP contribution >= 0.6 is 0 Å². The molecule has 5 heteroatoms. The molecule has 0 amide bonds. The SMILES string of the molecule is COc1ccc2c(c1)N(C)CC(C)(C)S2(=O)=O. The Hall–Kier alpha value is -1.23. The lowest BCUT2D eigenvalue weighted by Crippen LogP contribution is -2.47. The van der Waals surface area contributed by atoms with Crippen molar-refractivity contribution in [1.82, 2.24) is 0 Å². The van der Waals surface area contributed by atoms with Crippen LogP contribution in [0.2, 0.25) is 0 Å². The summed E-state index contributed by atoms with van der Waals surface area (Å²) in [6.07, 6.45) is 0. The van der Waals surface area contributed by atoms with E-state index in [1.54, 1.807) is 39.2 Å². The molecule has 0 aliphatic carbocycles. The number of sulfone groups is 1. The van der Waals surface area contributed by atoms with E-state index in [4.69, 9.17) is 4.74 Å². The van der Waals surface area contributed by atoms with Gasteiger partial charge in [-0.3, -0.25) is 0 Å². The molecule has 0 atom stereocenters. The molecule has 0 unspecified atom stereocenters. The first-order chi connectivity index (χ1) is 7.79. The van der Waals surface area contributed by atoms with Crippen LogP contribution < -0.4 is 9.64 Å². The fraction of sp³-hybridized carbons (Fsp3) is 0.500. The van der Waals surface area contributed by atoms with Gasteiger partial charge in [-0.05, 0) is 26.0 Å². The zero-order chi connectivity index (χ0) is 12.8. The maximum atomic E-state index is 12.4. The molecular weight excluding hydrogens is 238 g/mol. The minimum absolute atomic E-state index is 0.386. The second-order valence-electron chi connectivity index (χ2n) is 4.95. The van der Waals surface area contributed by atoms with Crippen LogP contribution in [-0.4, -0.2) is 33.9 Å². The molecule has 0 saturated heterocycles. The number of hydrogen-bond donors (Lipinski definition) is 0. The van der Waals surface area contributed by atoms with Gasteiger partial charge in [-0.2, -0.15) is 0 Å². The summed E-state index contributed by atoms with van der Waals surface area (Å²) in [5.74, 6) is 0.672. The largest absolute Gasteiger partial charge is 0.497 e. The van der Waals surface area contributed by atoms with E-state index in [-0.39, 0.29) is 0 Å². The normalized spacial score (nSPS) is 20.8. The van der Waals surface area contributed by atoms with Crippen molar-refractivity contribution in [2.45, 2.75) is 23.5 Å². The lowest BCUT2D eigenvalue weighted by molar-refractivity contribution is 0.414. The predicted molar refractivity (Wildman–Crippen MR) is 67.5 cm³/mol. The summed E-state index contributed by atoms with van der Waals surface area (Å²) in [6.45, 7) is 3.99. The lowest BCUT2D eigenvalue weighted by Gasteiger charge is -2.38. The Kier molecular flexibility index (Phi) is 2.61. The van der Waals surface area contributed by atoms with Gasteiger partial charge in [-0.25, -0.2) is 8.42 Å². The first kappa shape index (κ1) is 12.2. The summed E-state index contributed by atoms with van der Waals surface area (Å²) in [4.78, 5) is 2.34. The number of ether oxygens (including phenoxy) is 1. The van der Waals surface area contributed by atoms with E-state index in [1.165, 1.54) is 0 Å². The summed E-state index contributed by atoms with van der Waals surface area (Å²) in [7, 11) is 0.195. The maximum absolute atomic E-state index is 12.4. The van der Waals surface area contributed by atoms with Crippen molar-refractivity contribution in [1.29, 1.82) is 0 Å². The van der Waals surface area contributed by atoms with Crippen molar-refractivity contribution in [3.63, 3.8) is 0 Å². The third-order valence-corrected chi connectivity index (χ3v) is 5.72. The second kappa shape index (κ2) is 3.63. The van der Waals surface area contributed by atoms with Crippen molar-refractivity contribution < 1.29 is 13.2 Å². The van der Waals surface area contributed by atoms with Crippen LogP contribution in [0.15, 0.2) is 23.1 Å². The molecule has 0 spiro atoms. The highest BCUT2D eigenvalue weighted by Gasteiger charge is 2.42. The fourth-order valence-electron chi connectivity index (χ4n) is 2.19. The summed E-state index contributed by atoms with van der Waals surface area (Å²) in [5, 5.41) is 0. The van der Waals surface area contributed by atoms with Gasteiger partial charge in [0, 0.05) is 19.7 Å². The van der Waals surface area contributed by atoms with Crippen LogP contribution in [0.5, 0.6) is 5.75 Å². The van der Waals surface area contributed by atoms with Gasteiger partial charge in [0.15, 0.2) is 9.84 Å². The highest BCUT2D eigenvalue weighted by atomic mass is 32.2. The Labute approximate surface area is 102 Å². The fourth-order valence-corrected chi connectivity index (χ4v) is 3.88. The van der Waals surface area contributed by atoms with Gasteiger partial charge in [0.05, 0.1) is 22.4 Å². The maximum Gasteiger partial charge on any atom is 0.187 e. The topological polar surface area (TPSA) is 46.6 Å². The number of anilines is 1. The third kappa shape index (κ3) is 1.69. The van der Waals surface area contributed by atoms with Crippen molar-refractivity contribution >= 4 is 15.5 Å². The van der Waals surface area contributed by atoms with Crippen LogP contribution in [0.4, 0.5) is 5.69 Å². The van der Waals surface area contributed by atoms with E-state index < -0.39 is 14.6 Å². The number of methoxy groups -OCH3 is 1. The standard InChI is InChI=1S/C12H17NO3S/c1-12(2)8-13(3)10-7-9(16-4)5-6-11(10)17(12,14)15/h5-7H,8H2,1-4H3. The molecule has 0 N–H and O–H groups in total. The first-order valence-corrected chi connectivity index (χ1v) is 6.92. The van der Waals surface area contributed by atoms with Crippen molar-refractivity contribution in [2.24, 2.45) is 0 Å². The molecule has 1 aliphatic rings. The van der Waals surface area contributed by atoms with E-state index in [2.05, 4.69) is 0 Å². The summed E-state index contributed by atoms with van der Waals surface area (Å²) < 4.78 is 29.2. The summed E-state index contributed by atoms with van der Waals surface area (Å²) in [5.41, 5.74) is 0.712. The Morgan fingerprint density at radius 1 is 1.35 bits per heavy atom. The molecule has 1 aliphatic heterocycles. The highest BCUT2D eigenvalue weighted by Crippen LogP contribution is 2.39. The predicted octanol–water partition coefficient (Wildman–Crippen LogP) is 1.70. The molecular formula is C12H17NO3S.